The zero-order valence-corrected chi connectivity index (χ0v) is 16.5. The lowest BCUT2D eigenvalue weighted by atomic mass is 10.1. The number of para-hydroxylation sites is 2. The number of hydrogen-bond acceptors (Lipinski definition) is 4. The topological polar surface area (TPSA) is 83.8 Å². The number of halogens is 1. The van der Waals surface area contributed by atoms with E-state index in [4.69, 9.17) is 4.42 Å². The van der Waals surface area contributed by atoms with Gasteiger partial charge in [-0.05, 0) is 49.4 Å². The second-order valence-electron chi connectivity index (χ2n) is 6.73. The van der Waals surface area contributed by atoms with Crippen molar-refractivity contribution in [3.8, 4) is 23.2 Å². The van der Waals surface area contributed by atoms with E-state index < -0.39 is 11.7 Å². The van der Waals surface area contributed by atoms with Gasteiger partial charge in [0.15, 0.2) is 5.76 Å². The monoisotopic (exact) mass is 412 g/mol. The molecule has 0 unspecified atom stereocenters. The molecule has 0 fully saturated rings. The number of rotatable bonds is 5. The van der Waals surface area contributed by atoms with E-state index in [2.05, 4.69) is 10.4 Å². The highest BCUT2D eigenvalue weighted by molar-refractivity contribution is 6.10. The van der Waals surface area contributed by atoms with Gasteiger partial charge in [-0.1, -0.05) is 30.3 Å². The number of furan rings is 1. The van der Waals surface area contributed by atoms with Gasteiger partial charge in [-0.2, -0.15) is 10.4 Å². The number of nitriles is 1. The van der Waals surface area contributed by atoms with Crippen molar-refractivity contribution in [2.24, 2.45) is 0 Å². The van der Waals surface area contributed by atoms with Crippen molar-refractivity contribution in [1.82, 2.24) is 9.78 Å². The summed E-state index contributed by atoms with van der Waals surface area (Å²) >= 11 is 0. The Kier molecular flexibility index (Phi) is 5.45. The van der Waals surface area contributed by atoms with Crippen molar-refractivity contribution in [2.75, 3.05) is 5.32 Å². The number of anilines is 1. The molecule has 0 bridgehead atoms. The minimum Gasteiger partial charge on any atom is -0.460 e. The molecule has 31 heavy (non-hydrogen) atoms. The molecule has 1 amide bonds. The molecule has 1 N–H and O–H groups in total. The van der Waals surface area contributed by atoms with E-state index in [1.165, 1.54) is 24.3 Å². The normalized spacial score (nSPS) is 11.2. The van der Waals surface area contributed by atoms with E-state index in [-0.39, 0.29) is 11.3 Å². The Morgan fingerprint density at radius 2 is 1.87 bits per heavy atom. The Morgan fingerprint density at radius 3 is 2.55 bits per heavy atom. The van der Waals surface area contributed by atoms with Crippen LogP contribution in [0.4, 0.5) is 10.1 Å². The highest BCUT2D eigenvalue weighted by Crippen LogP contribution is 2.27. The van der Waals surface area contributed by atoms with E-state index >= 15 is 0 Å². The SMILES string of the molecule is Cc1ccc(-c2nn(-c3ccccc3)cc2/C=C(\C#N)C(=O)Nc2ccccc2F)o1. The minimum absolute atomic E-state index is 0.00415. The lowest BCUT2D eigenvalue weighted by Gasteiger charge is -2.05. The van der Waals surface area contributed by atoms with Crippen LogP contribution in [0.25, 0.3) is 23.2 Å². The van der Waals surface area contributed by atoms with Crippen LogP contribution >= 0.6 is 0 Å². The van der Waals surface area contributed by atoms with Gasteiger partial charge < -0.3 is 9.73 Å². The van der Waals surface area contributed by atoms with Crippen LogP contribution in [0.15, 0.2) is 82.9 Å². The van der Waals surface area contributed by atoms with Crippen molar-refractivity contribution in [3.63, 3.8) is 0 Å². The van der Waals surface area contributed by atoms with Gasteiger partial charge in [-0.15, -0.1) is 0 Å². The van der Waals surface area contributed by atoms with E-state index in [1.807, 2.05) is 43.3 Å². The molecular weight excluding hydrogens is 395 g/mol. The van der Waals surface area contributed by atoms with Crippen molar-refractivity contribution in [3.05, 3.63) is 95.6 Å². The number of carbonyl (C=O) groups excluding carboxylic acids is 1. The third kappa shape index (κ3) is 4.28. The van der Waals surface area contributed by atoms with Crippen LogP contribution in [0, 0.1) is 24.1 Å². The fourth-order valence-electron chi connectivity index (χ4n) is 3.02. The lowest BCUT2D eigenvalue weighted by Crippen LogP contribution is -2.14. The number of benzene rings is 2. The quantitative estimate of drug-likeness (QED) is 0.364. The standard InChI is InChI=1S/C24H17FN4O2/c1-16-11-12-22(31-16)23-18(15-29(28-23)19-7-3-2-4-8-19)13-17(14-26)24(30)27-21-10-6-5-9-20(21)25/h2-13,15H,1H3,(H,27,30)/b17-13+. The zero-order valence-electron chi connectivity index (χ0n) is 16.5. The second kappa shape index (κ2) is 8.51. The summed E-state index contributed by atoms with van der Waals surface area (Å²) in [6, 6.07) is 20.6. The van der Waals surface area contributed by atoms with E-state index in [1.54, 1.807) is 29.1 Å². The Morgan fingerprint density at radius 1 is 1.13 bits per heavy atom. The van der Waals surface area contributed by atoms with Gasteiger partial charge in [0.2, 0.25) is 0 Å². The molecule has 0 aliphatic rings. The van der Waals surface area contributed by atoms with Gasteiger partial charge >= 0.3 is 0 Å². The third-order valence-electron chi connectivity index (χ3n) is 4.52. The number of nitrogens with zero attached hydrogens (tertiary/aromatic N) is 3. The molecule has 4 aromatic rings. The third-order valence-corrected chi connectivity index (χ3v) is 4.52. The van der Waals surface area contributed by atoms with E-state index in [0.29, 0.717) is 22.8 Å². The summed E-state index contributed by atoms with van der Waals surface area (Å²) in [5, 5.41) is 16.6. The number of aryl methyl sites for hydroxylation is 1. The molecule has 2 aromatic carbocycles. The van der Waals surface area contributed by atoms with Gasteiger partial charge in [0, 0.05) is 11.8 Å². The number of hydrogen-bond donors (Lipinski definition) is 1. The Labute approximate surface area is 177 Å². The van der Waals surface area contributed by atoms with Crippen LogP contribution in [-0.2, 0) is 4.79 Å². The smallest absolute Gasteiger partial charge is 0.266 e. The molecular formula is C24H17FN4O2. The largest absolute Gasteiger partial charge is 0.460 e. The molecule has 0 spiro atoms. The molecule has 2 heterocycles. The maximum Gasteiger partial charge on any atom is 0.266 e. The van der Waals surface area contributed by atoms with E-state index in [9.17, 15) is 14.4 Å². The predicted molar refractivity (Wildman–Crippen MR) is 115 cm³/mol. The summed E-state index contributed by atoms with van der Waals surface area (Å²) < 4.78 is 21.2. The molecule has 2 aromatic heterocycles. The fourth-order valence-corrected chi connectivity index (χ4v) is 3.02. The summed E-state index contributed by atoms with van der Waals surface area (Å²) in [6.45, 7) is 1.82. The number of amides is 1. The first-order valence-electron chi connectivity index (χ1n) is 9.45. The van der Waals surface area contributed by atoms with Crippen LogP contribution in [0.1, 0.15) is 11.3 Å². The minimum atomic E-state index is -0.721. The molecule has 0 radical (unpaired) electrons. The molecule has 0 aliphatic heterocycles. The number of aromatic nitrogens is 2. The van der Waals surface area contributed by atoms with Crippen molar-refractivity contribution >= 4 is 17.7 Å². The van der Waals surface area contributed by atoms with Crippen LogP contribution in [0.2, 0.25) is 0 Å². The summed E-state index contributed by atoms with van der Waals surface area (Å²) in [6.07, 6.45) is 3.12. The first-order chi connectivity index (χ1) is 15.0. The number of carbonyl (C=O) groups is 1. The molecule has 4 rings (SSSR count). The summed E-state index contributed by atoms with van der Waals surface area (Å²) in [5.74, 6) is -0.0966. The first kappa shape index (κ1) is 19.9. The summed E-state index contributed by atoms with van der Waals surface area (Å²) in [4.78, 5) is 12.6. The van der Waals surface area contributed by atoms with Gasteiger partial charge in [0.25, 0.3) is 5.91 Å². The summed E-state index contributed by atoms with van der Waals surface area (Å²) in [5.41, 5.74) is 1.60. The molecule has 7 heteroatoms. The van der Waals surface area contributed by atoms with Gasteiger partial charge in [0.1, 0.15) is 28.9 Å². The molecule has 0 saturated heterocycles. The summed E-state index contributed by atoms with van der Waals surface area (Å²) in [7, 11) is 0. The van der Waals surface area contributed by atoms with Gasteiger partial charge in [0.05, 0.1) is 11.4 Å². The molecule has 0 atom stereocenters. The van der Waals surface area contributed by atoms with Gasteiger partial charge in [-0.25, -0.2) is 9.07 Å². The highest BCUT2D eigenvalue weighted by atomic mass is 19.1. The first-order valence-corrected chi connectivity index (χ1v) is 9.45. The van der Waals surface area contributed by atoms with Crippen molar-refractivity contribution in [1.29, 1.82) is 5.26 Å². The highest BCUT2D eigenvalue weighted by Gasteiger charge is 2.18. The van der Waals surface area contributed by atoms with Crippen molar-refractivity contribution < 1.29 is 13.6 Å². The predicted octanol–water partition coefficient (Wildman–Crippen LogP) is 5.13. The maximum atomic E-state index is 13.9. The van der Waals surface area contributed by atoms with E-state index in [0.717, 1.165) is 5.69 Å². The average Bonchev–Trinajstić information content (AvgIpc) is 3.40. The Balaban J connectivity index is 1.75. The van der Waals surface area contributed by atoms with Crippen LogP contribution in [0.3, 0.4) is 0 Å². The average molecular weight is 412 g/mol. The zero-order chi connectivity index (χ0) is 21.8. The number of nitrogens with one attached hydrogen (secondary N) is 1. The van der Waals surface area contributed by atoms with Gasteiger partial charge in [-0.3, -0.25) is 4.79 Å². The second-order valence-corrected chi connectivity index (χ2v) is 6.73. The Bertz CT molecular complexity index is 1310. The van der Waals surface area contributed by atoms with Crippen LogP contribution in [0.5, 0.6) is 0 Å². The molecule has 0 aliphatic carbocycles. The fraction of sp³-hybridized carbons (Fsp3) is 0.0417. The molecule has 0 saturated carbocycles. The lowest BCUT2D eigenvalue weighted by molar-refractivity contribution is -0.112. The molecule has 6 nitrogen and oxygen atoms in total. The Hall–Kier alpha value is -4.44. The van der Waals surface area contributed by atoms with Crippen LogP contribution in [-0.4, -0.2) is 15.7 Å². The molecule has 152 valence electrons. The van der Waals surface area contributed by atoms with Crippen LogP contribution < -0.4 is 5.32 Å². The van der Waals surface area contributed by atoms with Crippen molar-refractivity contribution in [2.45, 2.75) is 6.92 Å². The maximum absolute atomic E-state index is 13.9.